The first-order valence-corrected chi connectivity index (χ1v) is 8.85. The highest BCUT2D eigenvalue weighted by Crippen LogP contribution is 2.63. The van der Waals surface area contributed by atoms with Gasteiger partial charge in [0.25, 0.3) is 0 Å². The Hall–Kier alpha value is -1.63. The minimum Gasteiger partial charge on any atom is -0.256 e. The van der Waals surface area contributed by atoms with Crippen molar-refractivity contribution in [1.82, 2.24) is 4.98 Å². The fourth-order valence-electron chi connectivity index (χ4n) is 5.55. The summed E-state index contributed by atoms with van der Waals surface area (Å²) in [5, 5.41) is 0. The predicted octanol–water partition coefficient (Wildman–Crippen LogP) is -2.63. The highest BCUT2D eigenvalue weighted by molar-refractivity contribution is 6.64. The molecule has 0 fully saturated rings. The van der Waals surface area contributed by atoms with Crippen LogP contribution in [0.3, 0.4) is 0 Å². The first-order valence-electron chi connectivity index (χ1n) is 8.85. The Morgan fingerprint density at radius 3 is 2.22 bits per heavy atom. The zero-order chi connectivity index (χ0) is 15.9. The van der Waals surface area contributed by atoms with Crippen molar-refractivity contribution in [2.45, 2.75) is 31.1 Å². The SMILES string of the molecule is Bc1c(B)c(B)c2c(c1B)C1=C3CCC1(CC3)c1cccnc1-2. The second-order valence-corrected chi connectivity index (χ2v) is 7.71. The van der Waals surface area contributed by atoms with Crippen molar-refractivity contribution in [2.75, 3.05) is 0 Å². The van der Waals surface area contributed by atoms with Gasteiger partial charge in [-0.1, -0.05) is 22.6 Å². The van der Waals surface area contributed by atoms with Gasteiger partial charge in [-0.15, -0.1) is 10.9 Å². The van der Waals surface area contributed by atoms with Crippen LogP contribution >= 0.6 is 0 Å². The second kappa shape index (κ2) is 4.26. The molecule has 1 nitrogen and oxygen atoms in total. The minimum absolute atomic E-state index is 0.269. The molecule has 0 atom stereocenters. The second-order valence-electron chi connectivity index (χ2n) is 7.71. The van der Waals surface area contributed by atoms with Crippen molar-refractivity contribution < 1.29 is 0 Å². The van der Waals surface area contributed by atoms with Gasteiger partial charge >= 0.3 is 0 Å². The van der Waals surface area contributed by atoms with Gasteiger partial charge in [-0.3, -0.25) is 4.98 Å². The molecule has 5 heteroatoms. The van der Waals surface area contributed by atoms with E-state index in [1.54, 1.807) is 16.7 Å². The van der Waals surface area contributed by atoms with E-state index in [1.165, 1.54) is 64.4 Å². The van der Waals surface area contributed by atoms with Gasteiger partial charge in [-0.25, -0.2) is 0 Å². The molecule has 23 heavy (non-hydrogen) atoms. The van der Waals surface area contributed by atoms with Crippen LogP contribution in [0, 0.1) is 0 Å². The Bertz CT molecular complexity index is 919. The van der Waals surface area contributed by atoms with Gasteiger partial charge in [-0.2, -0.15) is 0 Å². The molecule has 0 saturated heterocycles. The lowest BCUT2D eigenvalue weighted by Gasteiger charge is -2.39. The van der Waals surface area contributed by atoms with E-state index in [0.29, 0.717) is 0 Å². The maximum atomic E-state index is 4.88. The van der Waals surface area contributed by atoms with Gasteiger partial charge in [0.1, 0.15) is 31.4 Å². The fraction of sp³-hybridized carbons (Fsp3) is 0.278. The molecule has 2 aromatic rings. The first kappa shape index (κ1) is 13.8. The molecule has 1 aromatic carbocycles. The van der Waals surface area contributed by atoms with Crippen LogP contribution in [-0.2, 0) is 5.41 Å². The number of aromatic nitrogens is 1. The van der Waals surface area contributed by atoms with E-state index in [4.69, 9.17) is 4.98 Å². The van der Waals surface area contributed by atoms with Gasteiger partial charge < -0.3 is 0 Å². The van der Waals surface area contributed by atoms with Crippen LogP contribution in [0.4, 0.5) is 0 Å². The third kappa shape index (κ3) is 1.43. The van der Waals surface area contributed by atoms with E-state index < -0.39 is 0 Å². The van der Waals surface area contributed by atoms with Crippen molar-refractivity contribution >= 4 is 58.8 Å². The normalized spacial score (nSPS) is 19.5. The zero-order valence-corrected chi connectivity index (χ0v) is 14.5. The highest BCUT2D eigenvalue weighted by Gasteiger charge is 2.52. The first-order chi connectivity index (χ1) is 11.1. The average Bonchev–Trinajstić information content (AvgIpc) is 3.14. The van der Waals surface area contributed by atoms with Gasteiger partial charge in [0.15, 0.2) is 0 Å². The molecule has 2 bridgehead atoms. The number of allylic oxidation sites excluding steroid dienone is 2. The van der Waals surface area contributed by atoms with Crippen LogP contribution in [0.15, 0.2) is 23.9 Å². The Morgan fingerprint density at radius 2 is 1.52 bits per heavy atom. The molecule has 5 rings (SSSR count). The maximum Gasteiger partial charge on any atom is 0.139 e. The van der Waals surface area contributed by atoms with Crippen LogP contribution in [-0.4, -0.2) is 36.4 Å². The van der Waals surface area contributed by atoms with Gasteiger partial charge in [0.2, 0.25) is 0 Å². The number of pyridine rings is 1. The van der Waals surface area contributed by atoms with Crippen molar-refractivity contribution in [1.29, 1.82) is 0 Å². The van der Waals surface area contributed by atoms with Gasteiger partial charge in [0, 0.05) is 17.2 Å². The Kier molecular flexibility index (Phi) is 2.55. The molecule has 1 heterocycles. The molecule has 0 saturated carbocycles. The molecular formula is C18H19B4N. The van der Waals surface area contributed by atoms with Crippen molar-refractivity contribution in [3.8, 4) is 11.3 Å². The third-order valence-corrected chi connectivity index (χ3v) is 7.04. The van der Waals surface area contributed by atoms with Gasteiger partial charge in [-0.05, 0) is 48.4 Å². The summed E-state index contributed by atoms with van der Waals surface area (Å²) in [5.74, 6) is 0. The lowest BCUT2D eigenvalue weighted by atomic mass is 9.57. The van der Waals surface area contributed by atoms with E-state index in [2.05, 4.69) is 43.5 Å². The monoisotopic (exact) mass is 293 g/mol. The lowest BCUT2D eigenvalue weighted by Crippen LogP contribution is -2.51. The summed E-state index contributed by atoms with van der Waals surface area (Å²) in [6.07, 6.45) is 7.13. The molecule has 1 aromatic heterocycles. The molecule has 108 valence electrons. The summed E-state index contributed by atoms with van der Waals surface area (Å²) < 4.78 is 0. The van der Waals surface area contributed by atoms with Crippen molar-refractivity contribution in [3.05, 3.63) is 35.0 Å². The standard InChI is InChI=1S/C18H19B4N/c19-13-10-11(14(20)16(22)15(13)21)17-9(2-1-7-23-17)18-5-3-8(4-6-18)12(10)18/h1-2,7H,3-6,19-22H2. The summed E-state index contributed by atoms with van der Waals surface area (Å²) in [5.41, 5.74) is 15.2. The van der Waals surface area contributed by atoms with Gasteiger partial charge in [0.05, 0.1) is 5.69 Å². The number of fused-ring (bicyclic) bond motifs is 3. The van der Waals surface area contributed by atoms with E-state index in [9.17, 15) is 0 Å². The Balaban J connectivity index is 2.02. The summed E-state index contributed by atoms with van der Waals surface area (Å²) >= 11 is 0. The van der Waals surface area contributed by atoms with E-state index in [1.807, 2.05) is 6.20 Å². The van der Waals surface area contributed by atoms with E-state index >= 15 is 0 Å². The quantitative estimate of drug-likeness (QED) is 0.485. The number of hydrogen-bond donors (Lipinski definition) is 0. The maximum absolute atomic E-state index is 4.88. The number of hydrogen-bond acceptors (Lipinski definition) is 1. The summed E-state index contributed by atoms with van der Waals surface area (Å²) in [6.45, 7) is 0. The predicted molar refractivity (Wildman–Crippen MR) is 109 cm³/mol. The largest absolute Gasteiger partial charge is 0.256 e. The summed E-state index contributed by atoms with van der Waals surface area (Å²) in [6, 6.07) is 4.49. The summed E-state index contributed by atoms with van der Waals surface area (Å²) in [7, 11) is 9.18. The summed E-state index contributed by atoms with van der Waals surface area (Å²) in [4.78, 5) is 4.88. The van der Waals surface area contributed by atoms with Crippen molar-refractivity contribution in [3.63, 3.8) is 0 Å². The highest BCUT2D eigenvalue weighted by atomic mass is 14.7. The zero-order valence-electron chi connectivity index (χ0n) is 14.5. The molecular weight excluding hydrogens is 273 g/mol. The Morgan fingerprint density at radius 1 is 0.870 bits per heavy atom. The number of nitrogens with zero attached hydrogens (tertiary/aromatic N) is 1. The lowest BCUT2D eigenvalue weighted by molar-refractivity contribution is 0.471. The molecule has 3 aliphatic carbocycles. The number of benzene rings is 1. The van der Waals surface area contributed by atoms with Crippen LogP contribution in [0.5, 0.6) is 0 Å². The molecule has 3 aliphatic rings. The fourth-order valence-corrected chi connectivity index (χ4v) is 5.55. The van der Waals surface area contributed by atoms with Crippen molar-refractivity contribution in [2.24, 2.45) is 0 Å². The third-order valence-electron chi connectivity index (χ3n) is 7.04. The topological polar surface area (TPSA) is 12.9 Å². The van der Waals surface area contributed by atoms with E-state index in [0.717, 1.165) is 0 Å². The molecule has 0 amide bonds. The molecule has 0 unspecified atom stereocenters. The minimum atomic E-state index is 0.269. The number of rotatable bonds is 0. The smallest absolute Gasteiger partial charge is 0.139 e. The molecule has 0 spiro atoms. The molecule has 0 radical (unpaired) electrons. The van der Waals surface area contributed by atoms with Crippen LogP contribution in [0.25, 0.3) is 16.8 Å². The van der Waals surface area contributed by atoms with E-state index in [-0.39, 0.29) is 5.41 Å². The Labute approximate surface area is 141 Å². The van der Waals surface area contributed by atoms with Crippen LogP contribution < -0.4 is 21.9 Å². The molecule has 0 aliphatic heterocycles. The molecule has 0 N–H and O–H groups in total. The van der Waals surface area contributed by atoms with Crippen LogP contribution in [0.1, 0.15) is 36.8 Å². The average molecular weight is 293 g/mol. The van der Waals surface area contributed by atoms with Crippen LogP contribution in [0.2, 0.25) is 0 Å².